The molecule has 2 aliphatic rings. The van der Waals surface area contributed by atoms with Gasteiger partial charge in [0, 0.05) is 13.1 Å². The van der Waals surface area contributed by atoms with Gasteiger partial charge in [-0.1, -0.05) is 12.8 Å². The second-order valence-electron chi connectivity index (χ2n) is 6.60. The van der Waals surface area contributed by atoms with Gasteiger partial charge in [-0.3, -0.25) is 4.79 Å². The number of carboxylic acids is 1. The first-order chi connectivity index (χ1) is 10.0. The summed E-state index contributed by atoms with van der Waals surface area (Å²) in [6, 6.07) is -0.235. The molecular weight excluding hydrogens is 270 g/mol. The molecule has 0 aromatic heterocycles. The molecule has 0 bridgehead atoms. The van der Waals surface area contributed by atoms with Crippen molar-refractivity contribution in [1.82, 2.24) is 15.5 Å². The zero-order chi connectivity index (χ0) is 15.3. The Morgan fingerprint density at radius 1 is 1.19 bits per heavy atom. The molecule has 0 spiro atoms. The molecule has 3 N–H and O–H groups in total. The highest BCUT2D eigenvalue weighted by Crippen LogP contribution is 2.37. The summed E-state index contributed by atoms with van der Waals surface area (Å²) in [4.78, 5) is 25.5. The summed E-state index contributed by atoms with van der Waals surface area (Å²) in [6.45, 7) is 3.08. The van der Waals surface area contributed by atoms with Gasteiger partial charge in [-0.25, -0.2) is 4.79 Å². The lowest BCUT2D eigenvalue weighted by Gasteiger charge is -2.29. The minimum atomic E-state index is -0.782. The summed E-state index contributed by atoms with van der Waals surface area (Å²) in [7, 11) is 2.11. The number of rotatable bonds is 5. The van der Waals surface area contributed by atoms with E-state index in [1.807, 2.05) is 0 Å². The summed E-state index contributed by atoms with van der Waals surface area (Å²) in [5, 5.41) is 15.0. The van der Waals surface area contributed by atoms with E-state index in [0.29, 0.717) is 25.3 Å². The molecule has 6 nitrogen and oxygen atoms in total. The summed E-state index contributed by atoms with van der Waals surface area (Å²) < 4.78 is 0. The number of carbonyl (C=O) groups is 2. The van der Waals surface area contributed by atoms with Crippen LogP contribution in [-0.4, -0.2) is 55.2 Å². The number of hydrogen-bond donors (Lipinski definition) is 3. The van der Waals surface area contributed by atoms with Crippen LogP contribution < -0.4 is 10.6 Å². The van der Waals surface area contributed by atoms with Crippen molar-refractivity contribution in [2.75, 3.05) is 33.2 Å². The number of hydrogen-bond acceptors (Lipinski definition) is 3. The average molecular weight is 297 g/mol. The van der Waals surface area contributed by atoms with Gasteiger partial charge in [0.15, 0.2) is 0 Å². The minimum absolute atomic E-state index is 0.235. The molecular formula is C15H27N3O3. The fourth-order valence-corrected chi connectivity index (χ4v) is 3.33. The first-order valence-corrected chi connectivity index (χ1v) is 7.95. The molecule has 1 aliphatic carbocycles. The highest BCUT2D eigenvalue weighted by molar-refractivity contribution is 5.78. The number of amides is 2. The van der Waals surface area contributed by atoms with Gasteiger partial charge >= 0.3 is 12.0 Å². The monoisotopic (exact) mass is 297 g/mol. The Balaban J connectivity index is 1.68. The van der Waals surface area contributed by atoms with E-state index in [2.05, 4.69) is 22.6 Å². The highest BCUT2D eigenvalue weighted by atomic mass is 16.4. The number of aliphatic carboxylic acids is 1. The number of carboxylic acid groups (broad SMARTS) is 1. The van der Waals surface area contributed by atoms with Crippen LogP contribution in [0.25, 0.3) is 0 Å². The van der Waals surface area contributed by atoms with E-state index in [1.165, 1.54) is 0 Å². The third kappa shape index (κ3) is 4.33. The first-order valence-electron chi connectivity index (χ1n) is 7.95. The zero-order valence-corrected chi connectivity index (χ0v) is 12.9. The number of nitrogens with zero attached hydrogens (tertiary/aromatic N) is 1. The molecule has 120 valence electrons. The maximum absolute atomic E-state index is 11.8. The molecule has 1 saturated heterocycles. The molecule has 0 aromatic carbocycles. The van der Waals surface area contributed by atoms with Crippen LogP contribution in [0.2, 0.25) is 0 Å². The van der Waals surface area contributed by atoms with Gasteiger partial charge in [-0.2, -0.15) is 0 Å². The Hall–Kier alpha value is -1.30. The van der Waals surface area contributed by atoms with E-state index in [4.69, 9.17) is 0 Å². The molecule has 1 heterocycles. The summed E-state index contributed by atoms with van der Waals surface area (Å²) in [5.74, 6) is -0.248. The van der Waals surface area contributed by atoms with Gasteiger partial charge in [0.05, 0.1) is 5.41 Å². The maximum atomic E-state index is 11.8. The number of likely N-dealkylation sites (tertiary alicyclic amines) is 1. The standard InChI is InChI=1S/C15H27N3O3/c1-18-8-4-12(5-9-18)10-16-14(21)17-11-15(13(19)20)6-2-3-7-15/h12H,2-11H2,1H3,(H,19,20)(H2,16,17,21). The van der Waals surface area contributed by atoms with E-state index >= 15 is 0 Å². The van der Waals surface area contributed by atoms with Crippen LogP contribution in [0.15, 0.2) is 0 Å². The number of carbonyl (C=O) groups excluding carboxylic acids is 1. The van der Waals surface area contributed by atoms with Gasteiger partial charge in [0.1, 0.15) is 0 Å². The Labute approximate surface area is 126 Å². The molecule has 0 atom stereocenters. The highest BCUT2D eigenvalue weighted by Gasteiger charge is 2.41. The molecule has 2 rings (SSSR count). The molecule has 2 fully saturated rings. The Morgan fingerprint density at radius 2 is 1.81 bits per heavy atom. The second kappa shape index (κ2) is 7.11. The third-order valence-electron chi connectivity index (χ3n) is 4.99. The lowest BCUT2D eigenvalue weighted by Crippen LogP contribution is -2.46. The largest absolute Gasteiger partial charge is 0.481 e. The van der Waals surface area contributed by atoms with E-state index in [-0.39, 0.29) is 12.6 Å². The number of nitrogens with one attached hydrogen (secondary N) is 2. The van der Waals surface area contributed by atoms with Crippen molar-refractivity contribution >= 4 is 12.0 Å². The van der Waals surface area contributed by atoms with Crippen molar-refractivity contribution in [2.45, 2.75) is 38.5 Å². The normalized spacial score (nSPS) is 22.9. The molecule has 0 radical (unpaired) electrons. The number of piperidine rings is 1. The predicted molar refractivity (Wildman–Crippen MR) is 80.2 cm³/mol. The average Bonchev–Trinajstić information content (AvgIpc) is 2.95. The van der Waals surface area contributed by atoms with Crippen LogP contribution >= 0.6 is 0 Å². The van der Waals surface area contributed by atoms with Gasteiger partial charge in [0.2, 0.25) is 0 Å². The predicted octanol–water partition coefficient (Wildman–Crippen LogP) is 1.27. The van der Waals surface area contributed by atoms with Crippen molar-refractivity contribution in [3.05, 3.63) is 0 Å². The van der Waals surface area contributed by atoms with Crippen molar-refractivity contribution in [2.24, 2.45) is 11.3 Å². The Bertz CT molecular complexity index is 372. The molecule has 6 heteroatoms. The molecule has 1 aliphatic heterocycles. The fourth-order valence-electron chi connectivity index (χ4n) is 3.33. The fraction of sp³-hybridized carbons (Fsp3) is 0.867. The molecule has 21 heavy (non-hydrogen) atoms. The van der Waals surface area contributed by atoms with E-state index in [0.717, 1.165) is 38.8 Å². The van der Waals surface area contributed by atoms with E-state index in [1.54, 1.807) is 0 Å². The van der Waals surface area contributed by atoms with Crippen LogP contribution in [-0.2, 0) is 4.79 Å². The topological polar surface area (TPSA) is 81.7 Å². The SMILES string of the molecule is CN1CCC(CNC(=O)NCC2(C(=O)O)CCCC2)CC1. The first kappa shape index (κ1) is 16.1. The van der Waals surface area contributed by atoms with Crippen LogP contribution in [0, 0.1) is 11.3 Å². The van der Waals surface area contributed by atoms with Crippen LogP contribution in [0.1, 0.15) is 38.5 Å². The van der Waals surface area contributed by atoms with Crippen molar-refractivity contribution in [3.8, 4) is 0 Å². The Kier molecular flexibility index (Phi) is 5.45. The van der Waals surface area contributed by atoms with E-state index < -0.39 is 11.4 Å². The molecule has 0 unspecified atom stereocenters. The van der Waals surface area contributed by atoms with Crippen molar-refractivity contribution < 1.29 is 14.7 Å². The quantitative estimate of drug-likeness (QED) is 0.714. The van der Waals surface area contributed by atoms with Crippen LogP contribution in [0.3, 0.4) is 0 Å². The lowest BCUT2D eigenvalue weighted by atomic mass is 9.86. The summed E-state index contributed by atoms with van der Waals surface area (Å²) >= 11 is 0. The second-order valence-corrected chi connectivity index (χ2v) is 6.60. The smallest absolute Gasteiger partial charge is 0.314 e. The molecule has 2 amide bonds. The molecule has 0 aromatic rings. The number of urea groups is 1. The molecule has 1 saturated carbocycles. The van der Waals surface area contributed by atoms with Crippen molar-refractivity contribution in [3.63, 3.8) is 0 Å². The van der Waals surface area contributed by atoms with Crippen LogP contribution in [0.4, 0.5) is 4.79 Å². The van der Waals surface area contributed by atoms with Gasteiger partial charge in [-0.15, -0.1) is 0 Å². The lowest BCUT2D eigenvalue weighted by molar-refractivity contribution is -0.148. The summed E-state index contributed by atoms with van der Waals surface area (Å²) in [5.41, 5.74) is -0.745. The van der Waals surface area contributed by atoms with Gasteiger partial charge in [-0.05, 0) is 51.7 Å². The van der Waals surface area contributed by atoms with Gasteiger partial charge < -0.3 is 20.6 Å². The van der Waals surface area contributed by atoms with Crippen molar-refractivity contribution in [1.29, 1.82) is 0 Å². The Morgan fingerprint density at radius 3 is 2.38 bits per heavy atom. The van der Waals surface area contributed by atoms with E-state index in [9.17, 15) is 14.7 Å². The summed E-state index contributed by atoms with van der Waals surface area (Å²) in [6.07, 6.45) is 5.41. The minimum Gasteiger partial charge on any atom is -0.481 e. The maximum Gasteiger partial charge on any atom is 0.314 e. The van der Waals surface area contributed by atoms with Gasteiger partial charge in [0.25, 0.3) is 0 Å². The third-order valence-corrected chi connectivity index (χ3v) is 4.99. The zero-order valence-electron chi connectivity index (χ0n) is 12.9. The van der Waals surface area contributed by atoms with Crippen LogP contribution in [0.5, 0.6) is 0 Å².